The van der Waals surface area contributed by atoms with Crippen LogP contribution in [0.25, 0.3) is 11.1 Å². The molecule has 1 aliphatic rings. The van der Waals surface area contributed by atoms with Crippen LogP contribution >= 0.6 is 0 Å². The highest BCUT2D eigenvalue weighted by Crippen LogP contribution is 2.36. The van der Waals surface area contributed by atoms with Crippen LogP contribution in [-0.4, -0.2) is 73.2 Å². The van der Waals surface area contributed by atoms with E-state index in [2.05, 4.69) is 16.1 Å². The maximum absolute atomic E-state index is 11.7. The van der Waals surface area contributed by atoms with E-state index in [4.69, 9.17) is 9.47 Å². The molecule has 3 rings (SSSR count). The third-order valence-electron chi connectivity index (χ3n) is 5.10. The zero-order chi connectivity index (χ0) is 25.0. The van der Waals surface area contributed by atoms with Gasteiger partial charge >= 0.3 is 0 Å². The second-order valence-electron chi connectivity index (χ2n) is 7.80. The van der Waals surface area contributed by atoms with Crippen molar-refractivity contribution in [3.8, 4) is 22.9 Å². The molecule has 1 heterocycles. The fourth-order valence-corrected chi connectivity index (χ4v) is 4.22. The first-order chi connectivity index (χ1) is 16.0. The van der Waals surface area contributed by atoms with E-state index in [1.807, 2.05) is 0 Å². The third-order valence-corrected chi connectivity index (χ3v) is 5.70. The molecule has 5 N–H and O–H groups in total. The lowest BCUT2D eigenvalue weighted by atomic mass is 9.96. The van der Waals surface area contributed by atoms with Gasteiger partial charge in [-0.15, -0.1) is 0 Å². The minimum atomic E-state index is -3.55. The first-order valence-electron chi connectivity index (χ1n) is 10.2. The average Bonchev–Trinajstić information content (AvgIpc) is 2.77. The molecule has 1 fully saturated rings. The fourth-order valence-electron chi connectivity index (χ4n) is 3.67. The van der Waals surface area contributed by atoms with E-state index in [0.29, 0.717) is 11.1 Å². The minimum absolute atomic E-state index is 0.135. The van der Waals surface area contributed by atoms with Crippen LogP contribution in [-0.2, 0) is 19.6 Å². The SMILES string of the molecule is CC(=O)N[C@@H]1[C@H](Oc2cccc(C#N)c2-c2cccc(NS(C)(=O)=O)c2)OC(CO)[C@H](O)[C@@H]1O. The second-order valence-corrected chi connectivity index (χ2v) is 9.54. The van der Waals surface area contributed by atoms with Crippen LogP contribution in [0.3, 0.4) is 0 Å². The number of nitriles is 1. The van der Waals surface area contributed by atoms with Crippen LogP contribution in [0.4, 0.5) is 5.69 Å². The van der Waals surface area contributed by atoms with E-state index >= 15 is 0 Å². The Labute approximate surface area is 196 Å². The smallest absolute Gasteiger partial charge is 0.229 e. The molecule has 1 unspecified atom stereocenters. The quantitative estimate of drug-likeness (QED) is 0.354. The summed E-state index contributed by atoms with van der Waals surface area (Å²) in [5.74, 6) is -0.377. The van der Waals surface area contributed by atoms with Gasteiger partial charge in [-0.05, 0) is 29.8 Å². The monoisotopic (exact) mass is 491 g/mol. The lowest BCUT2D eigenvalue weighted by molar-refractivity contribution is -0.244. The topological polar surface area (TPSA) is 178 Å². The largest absolute Gasteiger partial charge is 0.462 e. The number of nitrogens with one attached hydrogen (secondary N) is 2. The van der Waals surface area contributed by atoms with Gasteiger partial charge in [0.15, 0.2) is 0 Å². The molecule has 0 saturated carbocycles. The van der Waals surface area contributed by atoms with Crippen molar-refractivity contribution in [1.29, 1.82) is 5.26 Å². The highest BCUT2D eigenvalue weighted by Gasteiger charge is 2.46. The Bertz CT molecular complexity index is 1200. The zero-order valence-corrected chi connectivity index (χ0v) is 19.2. The number of amides is 1. The Morgan fingerprint density at radius 1 is 1.21 bits per heavy atom. The Hall–Kier alpha value is -3.21. The van der Waals surface area contributed by atoms with Gasteiger partial charge < -0.3 is 30.1 Å². The molecule has 0 bridgehead atoms. The number of carbonyl (C=O) groups is 1. The molecular weight excluding hydrogens is 466 g/mol. The highest BCUT2D eigenvalue weighted by atomic mass is 32.2. The Kier molecular flexibility index (Phi) is 7.75. The summed E-state index contributed by atoms with van der Waals surface area (Å²) in [7, 11) is -3.55. The van der Waals surface area contributed by atoms with Crippen molar-refractivity contribution in [2.45, 2.75) is 37.6 Å². The molecule has 1 amide bonds. The summed E-state index contributed by atoms with van der Waals surface area (Å²) in [6.45, 7) is 0.603. The standard InChI is InChI=1S/C22H25N3O8S/c1-12(27)24-19-21(29)20(28)17(11-26)33-22(19)32-16-8-4-6-14(10-23)18(16)13-5-3-7-15(9-13)25-34(2,30)31/h3-9,17,19-22,25-26,28-29H,11H2,1-2H3,(H,24,27)/t17?,19-,20-,21+,22+/m0/s1. The number of aliphatic hydroxyl groups excluding tert-OH is 3. The number of anilines is 1. The van der Waals surface area contributed by atoms with Gasteiger partial charge in [-0.1, -0.05) is 18.2 Å². The van der Waals surface area contributed by atoms with Gasteiger partial charge in [0, 0.05) is 18.2 Å². The van der Waals surface area contributed by atoms with E-state index in [0.717, 1.165) is 6.26 Å². The number of nitrogens with zero attached hydrogens (tertiary/aromatic N) is 1. The molecular formula is C22H25N3O8S. The van der Waals surface area contributed by atoms with Crippen LogP contribution in [0.15, 0.2) is 42.5 Å². The number of rotatable bonds is 7. The van der Waals surface area contributed by atoms with Gasteiger partial charge in [0.1, 0.15) is 30.1 Å². The van der Waals surface area contributed by atoms with Crippen molar-refractivity contribution in [2.75, 3.05) is 17.6 Å². The van der Waals surface area contributed by atoms with Gasteiger partial charge in [-0.2, -0.15) is 5.26 Å². The molecule has 34 heavy (non-hydrogen) atoms. The highest BCUT2D eigenvalue weighted by molar-refractivity contribution is 7.92. The predicted molar refractivity (Wildman–Crippen MR) is 121 cm³/mol. The van der Waals surface area contributed by atoms with Crippen molar-refractivity contribution < 1.29 is 38.0 Å². The van der Waals surface area contributed by atoms with Gasteiger partial charge in [0.25, 0.3) is 0 Å². The molecule has 2 aromatic rings. The molecule has 11 nitrogen and oxygen atoms in total. The molecule has 5 atom stereocenters. The van der Waals surface area contributed by atoms with E-state index in [9.17, 15) is 33.8 Å². The maximum atomic E-state index is 11.7. The van der Waals surface area contributed by atoms with Crippen LogP contribution in [0.1, 0.15) is 12.5 Å². The summed E-state index contributed by atoms with van der Waals surface area (Å²) in [6.07, 6.45) is -4.49. The summed E-state index contributed by atoms with van der Waals surface area (Å²) in [5, 5.41) is 42.4. The number of aliphatic hydroxyl groups is 3. The number of ether oxygens (including phenoxy) is 2. The summed E-state index contributed by atoms with van der Waals surface area (Å²) in [6, 6.07) is 11.8. The van der Waals surface area contributed by atoms with E-state index in [1.165, 1.54) is 19.1 Å². The number of benzene rings is 2. The van der Waals surface area contributed by atoms with Crippen molar-refractivity contribution in [3.63, 3.8) is 0 Å². The first kappa shape index (κ1) is 25.4. The molecule has 0 radical (unpaired) electrons. The third kappa shape index (κ3) is 5.82. The average molecular weight is 492 g/mol. The van der Waals surface area contributed by atoms with Crippen LogP contribution in [0, 0.1) is 11.3 Å². The lowest BCUT2D eigenvalue weighted by Crippen LogP contribution is -2.65. The fraction of sp³-hybridized carbons (Fsp3) is 0.364. The van der Waals surface area contributed by atoms with Crippen LogP contribution in [0.5, 0.6) is 5.75 Å². The normalized spacial score (nSPS) is 24.6. The summed E-state index contributed by atoms with van der Waals surface area (Å²) >= 11 is 0. The van der Waals surface area contributed by atoms with Gasteiger partial charge in [-0.25, -0.2) is 8.42 Å². The molecule has 0 aromatic heterocycles. The molecule has 1 saturated heterocycles. The van der Waals surface area contributed by atoms with Gasteiger partial charge in [0.2, 0.25) is 22.2 Å². The van der Waals surface area contributed by atoms with Crippen LogP contribution < -0.4 is 14.8 Å². The lowest BCUT2D eigenvalue weighted by Gasteiger charge is -2.42. The number of carbonyl (C=O) groups excluding carboxylic acids is 1. The Morgan fingerprint density at radius 2 is 1.91 bits per heavy atom. The van der Waals surface area contributed by atoms with Gasteiger partial charge in [0.05, 0.1) is 24.5 Å². The summed E-state index contributed by atoms with van der Waals surface area (Å²) in [4.78, 5) is 11.7. The molecule has 12 heteroatoms. The molecule has 2 aromatic carbocycles. The van der Waals surface area contributed by atoms with E-state index in [-0.39, 0.29) is 17.0 Å². The first-order valence-corrected chi connectivity index (χ1v) is 12.1. The number of hydrogen-bond acceptors (Lipinski definition) is 9. The summed E-state index contributed by atoms with van der Waals surface area (Å²) in [5.41, 5.74) is 1.24. The van der Waals surface area contributed by atoms with Crippen LogP contribution in [0.2, 0.25) is 0 Å². The Morgan fingerprint density at radius 3 is 2.53 bits per heavy atom. The molecule has 0 spiro atoms. The van der Waals surface area contributed by atoms with Gasteiger partial charge in [-0.3, -0.25) is 9.52 Å². The van der Waals surface area contributed by atoms with Crippen molar-refractivity contribution in [2.24, 2.45) is 0 Å². The molecule has 182 valence electrons. The second kappa shape index (κ2) is 10.4. The van der Waals surface area contributed by atoms with E-state index < -0.39 is 53.2 Å². The van der Waals surface area contributed by atoms with Crippen molar-refractivity contribution in [1.82, 2.24) is 5.32 Å². The molecule has 0 aliphatic carbocycles. The maximum Gasteiger partial charge on any atom is 0.229 e. The summed E-state index contributed by atoms with van der Waals surface area (Å²) < 4.78 is 37.2. The minimum Gasteiger partial charge on any atom is -0.462 e. The Balaban J connectivity index is 2.05. The number of hydrogen-bond donors (Lipinski definition) is 5. The molecule has 1 aliphatic heterocycles. The van der Waals surface area contributed by atoms with Crippen molar-refractivity contribution >= 4 is 21.6 Å². The van der Waals surface area contributed by atoms with E-state index in [1.54, 1.807) is 30.3 Å². The number of sulfonamides is 1. The van der Waals surface area contributed by atoms with Crippen molar-refractivity contribution in [3.05, 3.63) is 48.0 Å². The predicted octanol–water partition coefficient (Wildman–Crippen LogP) is -0.0807. The zero-order valence-electron chi connectivity index (χ0n) is 18.4.